The normalized spacial score (nSPS) is 20.5. The van der Waals surface area contributed by atoms with Crippen LogP contribution in [0, 0.1) is 5.82 Å². The minimum absolute atomic E-state index is 0.0304. The van der Waals surface area contributed by atoms with Crippen LogP contribution in [0.5, 0.6) is 0 Å². The number of nitrogens with zero attached hydrogens (tertiary/aromatic N) is 1. The summed E-state index contributed by atoms with van der Waals surface area (Å²) in [5.41, 5.74) is 2.79. The second-order valence-electron chi connectivity index (χ2n) is 7.48. The summed E-state index contributed by atoms with van der Waals surface area (Å²) < 4.78 is 28.6. The maximum atomic E-state index is 15.0. The van der Waals surface area contributed by atoms with Gasteiger partial charge < -0.3 is 5.32 Å². The highest BCUT2D eigenvalue weighted by molar-refractivity contribution is 6.58. The number of pyridine rings is 1. The van der Waals surface area contributed by atoms with Crippen LogP contribution in [0.2, 0.25) is 11.3 Å². The van der Waals surface area contributed by atoms with E-state index in [1.165, 1.54) is 6.07 Å². The topological polar surface area (TPSA) is 42.0 Å². The largest absolute Gasteiger partial charge is 0.358 e. The molecule has 1 fully saturated rings. The SMILES string of the molecule is CC1C[B]c2c1cc(C(CNC=O)C1(F)CC1)nc2-c1ccc(F)c(Cl)c1. The molecule has 1 N–H and O–H groups in total. The van der Waals surface area contributed by atoms with Gasteiger partial charge in [0, 0.05) is 17.8 Å². The van der Waals surface area contributed by atoms with Gasteiger partial charge in [-0.15, -0.1) is 0 Å². The molecule has 1 aromatic heterocycles. The highest BCUT2D eigenvalue weighted by Gasteiger charge is 2.51. The van der Waals surface area contributed by atoms with Gasteiger partial charge in [-0.25, -0.2) is 8.78 Å². The Morgan fingerprint density at radius 2 is 2.22 bits per heavy atom. The summed E-state index contributed by atoms with van der Waals surface area (Å²) in [5.74, 6) is -0.694. The fourth-order valence-corrected chi connectivity index (χ4v) is 4.05. The second-order valence-corrected chi connectivity index (χ2v) is 7.89. The molecule has 0 spiro atoms. The van der Waals surface area contributed by atoms with Crippen molar-refractivity contribution in [1.82, 2.24) is 10.3 Å². The van der Waals surface area contributed by atoms with Crippen molar-refractivity contribution in [3.8, 4) is 11.3 Å². The third-order valence-corrected chi connectivity index (χ3v) is 5.91. The zero-order chi connectivity index (χ0) is 19.2. The number of hydrogen-bond acceptors (Lipinski definition) is 2. The van der Waals surface area contributed by atoms with Gasteiger partial charge in [0.15, 0.2) is 7.28 Å². The molecular weight excluding hydrogens is 368 g/mol. The van der Waals surface area contributed by atoms with E-state index in [0.717, 1.165) is 17.3 Å². The lowest BCUT2D eigenvalue weighted by Gasteiger charge is -2.23. The van der Waals surface area contributed by atoms with Gasteiger partial charge >= 0.3 is 0 Å². The molecule has 1 amide bonds. The minimum atomic E-state index is -1.33. The Labute approximate surface area is 162 Å². The van der Waals surface area contributed by atoms with Crippen molar-refractivity contribution >= 4 is 30.8 Å². The molecule has 27 heavy (non-hydrogen) atoms. The predicted molar refractivity (Wildman–Crippen MR) is 103 cm³/mol. The average molecular weight is 388 g/mol. The Kier molecular flexibility index (Phi) is 4.71. The van der Waals surface area contributed by atoms with Crippen molar-refractivity contribution in [2.45, 2.75) is 43.6 Å². The van der Waals surface area contributed by atoms with E-state index in [4.69, 9.17) is 16.6 Å². The van der Waals surface area contributed by atoms with E-state index in [0.29, 0.717) is 42.1 Å². The van der Waals surface area contributed by atoms with Crippen LogP contribution >= 0.6 is 11.6 Å². The van der Waals surface area contributed by atoms with E-state index in [2.05, 4.69) is 19.5 Å². The summed E-state index contributed by atoms with van der Waals surface area (Å²) in [6.45, 7) is 2.32. The van der Waals surface area contributed by atoms with Crippen molar-refractivity contribution in [1.29, 1.82) is 0 Å². The number of carbonyl (C=O) groups excluding carboxylic acids is 1. The number of fused-ring (bicyclic) bond motifs is 1. The molecule has 2 aliphatic rings. The summed E-state index contributed by atoms with van der Waals surface area (Å²) in [4.78, 5) is 15.5. The number of halogens is 3. The molecule has 7 heteroatoms. The first-order valence-electron chi connectivity index (χ1n) is 9.12. The number of benzene rings is 1. The van der Waals surface area contributed by atoms with Crippen LogP contribution in [0.3, 0.4) is 0 Å². The molecule has 1 radical (unpaired) electrons. The molecular formula is C20H19BClF2N2O. The smallest absolute Gasteiger partial charge is 0.207 e. The Balaban J connectivity index is 1.85. The molecule has 2 atom stereocenters. The molecule has 2 unspecified atom stereocenters. The van der Waals surface area contributed by atoms with Crippen molar-refractivity contribution in [2.75, 3.05) is 6.54 Å². The monoisotopic (exact) mass is 387 g/mol. The summed E-state index contributed by atoms with van der Waals surface area (Å²) in [7, 11) is 2.12. The van der Waals surface area contributed by atoms with Gasteiger partial charge in [0.05, 0.1) is 16.6 Å². The van der Waals surface area contributed by atoms with Gasteiger partial charge in [-0.1, -0.05) is 30.3 Å². The van der Waals surface area contributed by atoms with Crippen LogP contribution in [0.1, 0.15) is 42.9 Å². The van der Waals surface area contributed by atoms with Gasteiger partial charge in [-0.05, 0) is 48.6 Å². The standard InChI is InChI=1S/C20H19BClF2N2O/c1-11-8-21-18-13(11)7-17(14(9-25-10-27)20(24)4-5-20)26-19(18)12-2-3-16(23)15(22)6-12/h2-3,6-7,10-11,14H,4-5,8-9H2,1H3,(H,25,27). The van der Waals surface area contributed by atoms with Crippen molar-refractivity contribution in [3.63, 3.8) is 0 Å². The van der Waals surface area contributed by atoms with Crippen molar-refractivity contribution in [2.24, 2.45) is 0 Å². The quantitative estimate of drug-likeness (QED) is 0.606. The first-order valence-corrected chi connectivity index (χ1v) is 9.50. The molecule has 2 aromatic rings. The summed E-state index contributed by atoms with van der Waals surface area (Å²) in [6, 6.07) is 6.49. The fourth-order valence-electron chi connectivity index (χ4n) is 3.87. The Hall–Kier alpha value is -1.95. The zero-order valence-corrected chi connectivity index (χ0v) is 15.7. The van der Waals surface area contributed by atoms with Crippen LogP contribution in [0.25, 0.3) is 11.3 Å². The maximum absolute atomic E-state index is 15.0. The lowest BCUT2D eigenvalue weighted by molar-refractivity contribution is -0.109. The molecule has 3 nitrogen and oxygen atoms in total. The van der Waals surface area contributed by atoms with Crippen molar-refractivity contribution in [3.05, 3.63) is 46.4 Å². The van der Waals surface area contributed by atoms with Gasteiger partial charge in [-0.3, -0.25) is 9.78 Å². The number of carbonyl (C=O) groups is 1. The molecule has 1 aliphatic carbocycles. The molecule has 0 saturated heterocycles. The van der Waals surface area contributed by atoms with Crippen LogP contribution in [0.15, 0.2) is 24.3 Å². The van der Waals surface area contributed by atoms with E-state index in [1.807, 2.05) is 6.07 Å². The van der Waals surface area contributed by atoms with Crippen LogP contribution in [0.4, 0.5) is 8.78 Å². The van der Waals surface area contributed by atoms with E-state index >= 15 is 0 Å². The summed E-state index contributed by atoms with van der Waals surface area (Å²) >= 11 is 5.97. The first-order chi connectivity index (χ1) is 12.9. The van der Waals surface area contributed by atoms with Gasteiger partial charge in [-0.2, -0.15) is 0 Å². The van der Waals surface area contributed by atoms with Crippen LogP contribution in [-0.4, -0.2) is 30.9 Å². The highest BCUT2D eigenvalue weighted by atomic mass is 35.5. The minimum Gasteiger partial charge on any atom is -0.358 e. The predicted octanol–water partition coefficient (Wildman–Crippen LogP) is 3.74. The van der Waals surface area contributed by atoms with E-state index in [1.54, 1.807) is 12.1 Å². The highest BCUT2D eigenvalue weighted by Crippen LogP contribution is 2.50. The third-order valence-electron chi connectivity index (χ3n) is 5.62. The molecule has 139 valence electrons. The average Bonchev–Trinajstić information content (AvgIpc) is 3.29. The van der Waals surface area contributed by atoms with Crippen LogP contribution < -0.4 is 10.8 Å². The van der Waals surface area contributed by atoms with E-state index < -0.39 is 17.4 Å². The lowest BCUT2D eigenvalue weighted by Crippen LogP contribution is -2.30. The number of nitrogens with one attached hydrogen (secondary N) is 1. The number of hydrogen-bond donors (Lipinski definition) is 1. The zero-order valence-electron chi connectivity index (χ0n) is 14.9. The van der Waals surface area contributed by atoms with Crippen molar-refractivity contribution < 1.29 is 13.6 Å². The summed E-state index contributed by atoms with van der Waals surface area (Å²) in [5, 5.41) is 2.64. The van der Waals surface area contributed by atoms with Gasteiger partial charge in [0.2, 0.25) is 6.41 Å². The number of amides is 1. The maximum Gasteiger partial charge on any atom is 0.207 e. The Morgan fingerprint density at radius 1 is 1.44 bits per heavy atom. The first kappa shape index (κ1) is 18.4. The second kappa shape index (κ2) is 6.90. The molecule has 1 saturated carbocycles. The Morgan fingerprint density at radius 3 is 2.89 bits per heavy atom. The third kappa shape index (κ3) is 3.36. The van der Waals surface area contributed by atoms with E-state index in [-0.39, 0.29) is 11.6 Å². The van der Waals surface area contributed by atoms with Crippen LogP contribution in [-0.2, 0) is 4.79 Å². The lowest BCUT2D eigenvalue weighted by atomic mass is 9.70. The molecule has 1 aliphatic heterocycles. The molecule has 1 aromatic carbocycles. The number of alkyl halides is 1. The number of rotatable bonds is 6. The molecule has 0 bridgehead atoms. The van der Waals surface area contributed by atoms with Gasteiger partial charge in [0.1, 0.15) is 11.5 Å². The molecule has 2 heterocycles. The Bertz CT molecular complexity index is 904. The summed E-state index contributed by atoms with van der Waals surface area (Å²) in [6.07, 6.45) is 2.40. The van der Waals surface area contributed by atoms with E-state index in [9.17, 15) is 13.6 Å². The number of aromatic nitrogens is 1. The fraction of sp³-hybridized carbons (Fsp3) is 0.400. The van der Waals surface area contributed by atoms with Gasteiger partial charge in [0.25, 0.3) is 0 Å². The molecule has 4 rings (SSSR count).